The molecular formula is C85H81F8N21O7. The van der Waals surface area contributed by atoms with Crippen LogP contribution in [0.15, 0.2) is 172 Å². The zero-order valence-corrected chi connectivity index (χ0v) is 65.4. The SMILES string of the molecule is C=CC(=O)N1CCCC(n2nc(-c3ccc(CNC(=O)c4c(F)cccc4F)c(F)c3)c3c(N)ncnc32)C1.C=CC(=O)N1CCCC(n2nc(-c3ccc(CNC(=O)c4ccc(F)cc4C)c(F)c3)c3c(N)ncnc32)C1.C=CC(=O)N1CCCC(n2nc(-c3ccc(CNC(=O)c4ccc(OCC)c(C(F)(F)F)c4)cc3)c3c(N)ncnc32)C1. The van der Waals surface area contributed by atoms with Crippen LogP contribution in [0.1, 0.15) is 122 Å². The van der Waals surface area contributed by atoms with Crippen LogP contribution in [0.4, 0.5) is 52.6 Å². The number of fused-ring (bicyclic) bond motifs is 3. The first-order valence-corrected chi connectivity index (χ1v) is 38.4. The van der Waals surface area contributed by atoms with Crippen LogP contribution in [-0.4, -0.2) is 155 Å². The third-order valence-corrected chi connectivity index (χ3v) is 20.9. The molecule has 121 heavy (non-hydrogen) atoms. The number of halogens is 8. The minimum Gasteiger partial charge on any atom is -0.493 e. The maximum absolute atomic E-state index is 15.2. The lowest BCUT2D eigenvalue weighted by molar-refractivity contribution is -0.139. The number of anilines is 3. The molecule has 9 N–H and O–H groups in total. The van der Waals surface area contributed by atoms with E-state index in [2.05, 4.69) is 65.6 Å². The van der Waals surface area contributed by atoms with Crippen molar-refractivity contribution in [3.63, 3.8) is 0 Å². The molecule has 28 nitrogen and oxygen atoms in total. The van der Waals surface area contributed by atoms with Gasteiger partial charge in [-0.15, -0.1) is 0 Å². The number of rotatable bonds is 20. The number of piperidine rings is 3. The number of aromatic nitrogens is 12. The number of alkyl halides is 3. The zero-order valence-electron chi connectivity index (χ0n) is 65.4. The number of carbonyl (C=O) groups is 6. The van der Waals surface area contributed by atoms with Gasteiger partial charge in [0.05, 0.1) is 46.5 Å². The van der Waals surface area contributed by atoms with Crippen molar-refractivity contribution in [1.29, 1.82) is 0 Å². The smallest absolute Gasteiger partial charge is 0.419 e. The van der Waals surface area contributed by atoms with Crippen LogP contribution in [0.5, 0.6) is 5.75 Å². The lowest BCUT2D eigenvalue weighted by Crippen LogP contribution is -2.40. The fraction of sp³-hybridized carbons (Fsp3) is 0.259. The molecule has 3 saturated heterocycles. The van der Waals surface area contributed by atoms with Gasteiger partial charge in [-0.2, -0.15) is 28.5 Å². The Morgan fingerprint density at radius 2 is 0.917 bits per heavy atom. The molecule has 3 atom stereocenters. The Morgan fingerprint density at radius 3 is 1.33 bits per heavy atom. The molecule has 0 radical (unpaired) electrons. The molecule has 6 aromatic heterocycles. The number of nitrogen functional groups attached to an aromatic ring is 3. The summed E-state index contributed by atoms with van der Waals surface area (Å²) in [6, 6.07) is 25.8. The van der Waals surface area contributed by atoms with Crippen molar-refractivity contribution in [2.75, 3.05) is 63.1 Å². The van der Waals surface area contributed by atoms with Gasteiger partial charge in [0.1, 0.15) is 93.9 Å². The molecule has 3 aliphatic rings. The maximum atomic E-state index is 15.2. The second kappa shape index (κ2) is 36.7. The first-order chi connectivity index (χ1) is 58.1. The molecule has 0 saturated carbocycles. The van der Waals surface area contributed by atoms with E-state index in [0.717, 1.165) is 80.0 Å². The molecule has 0 aliphatic carbocycles. The highest BCUT2D eigenvalue weighted by Crippen LogP contribution is 2.41. The lowest BCUT2D eigenvalue weighted by Gasteiger charge is -2.32. The minimum absolute atomic E-state index is 0.0581. The van der Waals surface area contributed by atoms with Crippen LogP contribution in [0.3, 0.4) is 0 Å². The Labute approximate surface area is 686 Å². The van der Waals surface area contributed by atoms with E-state index in [0.29, 0.717) is 112 Å². The third-order valence-electron chi connectivity index (χ3n) is 20.9. The molecule has 15 rings (SSSR count). The quantitative estimate of drug-likeness (QED) is 0.0305. The molecule has 3 unspecified atom stereocenters. The molecule has 6 amide bonds. The Morgan fingerprint density at radius 1 is 0.496 bits per heavy atom. The number of nitrogens with one attached hydrogen (secondary N) is 3. The topological polar surface area (TPSA) is 366 Å². The van der Waals surface area contributed by atoms with Gasteiger partial charge in [0.15, 0.2) is 16.9 Å². The van der Waals surface area contributed by atoms with Crippen molar-refractivity contribution >= 4 is 86.0 Å². The number of amides is 6. The molecule has 0 bridgehead atoms. The van der Waals surface area contributed by atoms with Crippen molar-refractivity contribution < 1.29 is 68.6 Å². The van der Waals surface area contributed by atoms with E-state index in [1.54, 1.807) is 72.9 Å². The van der Waals surface area contributed by atoms with E-state index in [1.165, 1.54) is 79.7 Å². The average molecular weight is 1660 g/mol. The van der Waals surface area contributed by atoms with Gasteiger partial charge in [-0.1, -0.05) is 74.3 Å². The van der Waals surface area contributed by atoms with Gasteiger partial charge >= 0.3 is 6.18 Å². The summed E-state index contributed by atoms with van der Waals surface area (Å²) in [6.07, 6.45) is 7.93. The van der Waals surface area contributed by atoms with Crippen LogP contribution >= 0.6 is 0 Å². The summed E-state index contributed by atoms with van der Waals surface area (Å²) in [6.45, 7) is 16.9. The van der Waals surface area contributed by atoms with Gasteiger partial charge in [-0.3, -0.25) is 28.8 Å². The Balaban J connectivity index is 0.000000157. The summed E-state index contributed by atoms with van der Waals surface area (Å²) in [7, 11) is 0. The summed E-state index contributed by atoms with van der Waals surface area (Å²) in [5.74, 6) is -5.88. The van der Waals surface area contributed by atoms with E-state index in [4.69, 9.17) is 37.2 Å². The monoisotopic (exact) mass is 1660 g/mol. The van der Waals surface area contributed by atoms with Crippen molar-refractivity contribution in [1.82, 2.24) is 89.9 Å². The van der Waals surface area contributed by atoms with Gasteiger partial charge in [-0.05, 0) is 142 Å². The summed E-state index contributed by atoms with van der Waals surface area (Å²) < 4.78 is 122. The summed E-state index contributed by atoms with van der Waals surface area (Å²) >= 11 is 0. The van der Waals surface area contributed by atoms with Crippen molar-refractivity contribution in [3.8, 4) is 39.5 Å². The van der Waals surface area contributed by atoms with E-state index in [1.807, 2.05) is 12.1 Å². The third kappa shape index (κ3) is 18.5. The fourth-order valence-corrected chi connectivity index (χ4v) is 14.9. The first kappa shape index (κ1) is 84.6. The van der Waals surface area contributed by atoms with E-state index in [-0.39, 0.29) is 102 Å². The largest absolute Gasteiger partial charge is 0.493 e. The van der Waals surface area contributed by atoms with Crippen LogP contribution in [-0.2, 0) is 40.2 Å². The minimum atomic E-state index is -4.67. The number of benzene rings is 6. The van der Waals surface area contributed by atoms with Crippen molar-refractivity contribution in [3.05, 3.63) is 246 Å². The number of carbonyl (C=O) groups excluding carboxylic acids is 6. The summed E-state index contributed by atoms with van der Waals surface area (Å²) in [4.78, 5) is 105. The zero-order chi connectivity index (χ0) is 86.1. The van der Waals surface area contributed by atoms with Gasteiger partial charge in [0.25, 0.3) is 17.7 Å². The maximum Gasteiger partial charge on any atom is 0.419 e. The highest BCUT2D eigenvalue weighted by Gasteiger charge is 2.37. The van der Waals surface area contributed by atoms with Crippen LogP contribution in [0.25, 0.3) is 66.9 Å². The number of nitrogens with zero attached hydrogens (tertiary/aromatic N) is 15. The van der Waals surface area contributed by atoms with E-state index in [9.17, 15) is 55.1 Å². The Hall–Kier alpha value is -14.4. The summed E-state index contributed by atoms with van der Waals surface area (Å²) in [5, 5.41) is 23.6. The molecule has 624 valence electrons. The predicted molar refractivity (Wildman–Crippen MR) is 434 cm³/mol. The molecular weight excluding hydrogens is 1580 g/mol. The molecule has 3 fully saturated rings. The standard InChI is InChI=1S/C30H30F3N7O3.C28H27F2N7O2.C27H24F3N7O2/c1-3-24(41)39-13-5-6-21(16-39)40-28-25(27(34)36-17-37-28)26(38-40)19-9-7-18(8-10-19)15-35-29(42)20-11-12-23(43-4-2)22(14-20)30(31,32)33;1-3-23(38)36-10-4-5-20(14-36)37-27-24(26(31)33-15-34-27)25(35-37)17-6-7-18(22(30)12-17)13-32-28(39)21-9-8-19(29)11-16(21)2;1-2-21(38)36-10-4-5-17(13-36)37-26-23(25(31)33-14-34-26)24(35-37)15-8-9-16(20(30)11-15)12-32-27(39)22-18(28)6-3-7-19(22)29/h3,7-12,14,17,21H,1,4-6,13,15-16H2,2H3,(H,35,42)(H2,34,36,37);3,6-9,11-12,15,20H,1,4-5,10,13-14H2,2H3,(H,32,39)(H2,31,33,34);2-3,6-9,11,14,17H,1,4-5,10,12-13H2,(H,32,39)(H2,31,33,34). The van der Waals surface area contributed by atoms with Crippen LogP contribution in [0, 0.1) is 36.0 Å². The molecule has 36 heteroatoms. The van der Waals surface area contributed by atoms with Gasteiger partial charge < -0.3 is 52.6 Å². The molecule has 3 aliphatic heterocycles. The molecule has 9 heterocycles. The van der Waals surface area contributed by atoms with Gasteiger partial charge in [-0.25, -0.2) is 65.9 Å². The van der Waals surface area contributed by atoms with Gasteiger partial charge in [0, 0.05) is 97.8 Å². The van der Waals surface area contributed by atoms with Gasteiger partial charge in [0.2, 0.25) is 17.7 Å². The number of hydrogen-bond acceptors (Lipinski definition) is 19. The average Bonchev–Trinajstić information content (AvgIpc) is 1.62. The van der Waals surface area contributed by atoms with Crippen LogP contribution < -0.4 is 37.9 Å². The fourth-order valence-electron chi connectivity index (χ4n) is 14.9. The van der Waals surface area contributed by atoms with E-state index >= 15 is 8.78 Å². The van der Waals surface area contributed by atoms with Crippen LogP contribution in [0.2, 0.25) is 0 Å². The number of aryl methyl sites for hydroxylation is 1. The lowest BCUT2D eigenvalue weighted by atomic mass is 10.1. The highest BCUT2D eigenvalue weighted by molar-refractivity contribution is 6.02. The molecule has 0 spiro atoms. The first-order valence-electron chi connectivity index (χ1n) is 38.4. The molecule has 6 aromatic carbocycles. The second-order valence-corrected chi connectivity index (χ2v) is 28.7. The number of nitrogens with two attached hydrogens (primary N) is 3. The number of ether oxygens (including phenoxy) is 1. The predicted octanol–water partition coefficient (Wildman–Crippen LogP) is 12.5. The van der Waals surface area contributed by atoms with Crippen molar-refractivity contribution in [2.45, 2.75) is 96.3 Å². The Kier molecular flexibility index (Phi) is 25.6. The molecule has 12 aromatic rings. The Bertz CT molecular complexity index is 6000. The van der Waals surface area contributed by atoms with Crippen molar-refractivity contribution in [2.24, 2.45) is 0 Å². The highest BCUT2D eigenvalue weighted by atomic mass is 19.4. The summed E-state index contributed by atoms with van der Waals surface area (Å²) in [5.41, 5.74) is 23.1. The normalized spacial score (nSPS) is 15.4. The number of likely N-dealkylation sites (tertiary alicyclic amines) is 3. The van der Waals surface area contributed by atoms with E-state index < -0.39 is 64.1 Å². The second-order valence-electron chi connectivity index (χ2n) is 28.7. The number of hydrogen-bond donors (Lipinski definition) is 6.